The highest BCUT2D eigenvalue weighted by Gasteiger charge is 2.20. The summed E-state index contributed by atoms with van der Waals surface area (Å²) < 4.78 is 5.59. The molecule has 19 heavy (non-hydrogen) atoms. The van der Waals surface area contributed by atoms with Gasteiger partial charge in [0.1, 0.15) is 23.0 Å². The fourth-order valence-corrected chi connectivity index (χ4v) is 1.72. The van der Waals surface area contributed by atoms with Gasteiger partial charge in [-0.2, -0.15) is 0 Å². The molecule has 0 aliphatic rings. The highest BCUT2D eigenvalue weighted by atomic mass is 16.5. The highest BCUT2D eigenvalue weighted by Crippen LogP contribution is 2.33. The zero-order valence-corrected chi connectivity index (χ0v) is 10.8. The molecule has 0 heterocycles. The van der Waals surface area contributed by atoms with Crippen LogP contribution >= 0.6 is 0 Å². The van der Waals surface area contributed by atoms with E-state index in [-0.39, 0.29) is 11.5 Å². The summed E-state index contributed by atoms with van der Waals surface area (Å²) in [4.78, 5) is 0. The Balaban J connectivity index is 2.29. The van der Waals surface area contributed by atoms with Gasteiger partial charge in [0.05, 0.1) is 5.60 Å². The summed E-state index contributed by atoms with van der Waals surface area (Å²) in [5, 5.41) is 28.9. The number of benzene rings is 2. The Morgan fingerprint density at radius 1 is 0.895 bits per heavy atom. The number of aromatic hydroxyl groups is 2. The number of aliphatic hydroxyl groups is 1. The van der Waals surface area contributed by atoms with Crippen molar-refractivity contribution in [2.75, 3.05) is 0 Å². The molecular weight excluding hydrogens is 244 g/mol. The van der Waals surface area contributed by atoms with E-state index in [0.29, 0.717) is 17.1 Å². The summed E-state index contributed by atoms with van der Waals surface area (Å²) in [7, 11) is 0. The Morgan fingerprint density at radius 2 is 1.47 bits per heavy atom. The lowest BCUT2D eigenvalue weighted by molar-refractivity contribution is 0.0756. The largest absolute Gasteiger partial charge is 0.508 e. The maximum atomic E-state index is 9.95. The van der Waals surface area contributed by atoms with E-state index >= 15 is 0 Å². The molecule has 2 aromatic carbocycles. The van der Waals surface area contributed by atoms with Gasteiger partial charge in [-0.1, -0.05) is 0 Å². The summed E-state index contributed by atoms with van der Waals surface area (Å²) >= 11 is 0. The van der Waals surface area contributed by atoms with Crippen LogP contribution in [-0.2, 0) is 5.60 Å². The van der Waals surface area contributed by atoms with Crippen LogP contribution in [-0.4, -0.2) is 15.3 Å². The number of phenols is 2. The van der Waals surface area contributed by atoms with Gasteiger partial charge < -0.3 is 20.1 Å². The summed E-state index contributed by atoms with van der Waals surface area (Å²) in [6, 6.07) is 11.0. The van der Waals surface area contributed by atoms with Crippen LogP contribution < -0.4 is 4.74 Å². The summed E-state index contributed by atoms with van der Waals surface area (Å²) in [6.45, 7) is 3.18. The second-order valence-electron chi connectivity index (χ2n) is 4.83. The zero-order chi connectivity index (χ0) is 14.0. The topological polar surface area (TPSA) is 69.9 Å². The van der Waals surface area contributed by atoms with E-state index in [0.717, 1.165) is 0 Å². The number of ether oxygens (including phenoxy) is 1. The minimum absolute atomic E-state index is 0.0190. The van der Waals surface area contributed by atoms with Crippen LogP contribution in [0.4, 0.5) is 0 Å². The Kier molecular flexibility index (Phi) is 3.36. The molecule has 4 nitrogen and oxygen atoms in total. The number of hydrogen-bond donors (Lipinski definition) is 3. The molecule has 0 atom stereocenters. The van der Waals surface area contributed by atoms with E-state index in [9.17, 15) is 15.3 Å². The fourth-order valence-electron chi connectivity index (χ4n) is 1.72. The van der Waals surface area contributed by atoms with Crippen molar-refractivity contribution >= 4 is 0 Å². The van der Waals surface area contributed by atoms with Gasteiger partial charge in [0.25, 0.3) is 0 Å². The molecule has 100 valence electrons. The molecular formula is C15H16O4. The molecule has 0 aliphatic heterocycles. The maximum absolute atomic E-state index is 9.95. The maximum Gasteiger partial charge on any atom is 0.128 e. The van der Waals surface area contributed by atoms with Gasteiger partial charge in [-0.25, -0.2) is 0 Å². The summed E-state index contributed by atoms with van der Waals surface area (Å²) in [5.74, 6) is 1.24. The molecule has 3 N–H and O–H groups in total. The second-order valence-corrected chi connectivity index (χ2v) is 4.83. The van der Waals surface area contributed by atoms with Gasteiger partial charge in [0.2, 0.25) is 0 Å². The molecule has 0 radical (unpaired) electrons. The SMILES string of the molecule is CC(C)(O)c1cc(Oc2ccc(O)cc2)ccc1O. The Bertz CT molecular complexity index is 568. The first-order valence-corrected chi connectivity index (χ1v) is 5.89. The number of phenolic OH excluding ortho intramolecular Hbond substituents is 2. The summed E-state index contributed by atoms with van der Waals surface area (Å²) in [6.07, 6.45) is 0. The third-order valence-electron chi connectivity index (χ3n) is 2.70. The van der Waals surface area contributed by atoms with Crippen molar-refractivity contribution in [1.29, 1.82) is 0 Å². The molecule has 2 aromatic rings. The van der Waals surface area contributed by atoms with Crippen LogP contribution in [0.5, 0.6) is 23.0 Å². The molecule has 0 aliphatic carbocycles. The normalized spacial score (nSPS) is 11.3. The van der Waals surface area contributed by atoms with Crippen molar-refractivity contribution in [2.45, 2.75) is 19.4 Å². The standard InChI is InChI=1S/C15H16O4/c1-15(2,18)13-9-12(7-8-14(13)17)19-11-5-3-10(16)4-6-11/h3-9,16-18H,1-2H3. The Morgan fingerprint density at radius 3 is 2.05 bits per heavy atom. The van der Waals surface area contributed by atoms with Gasteiger partial charge in [0, 0.05) is 5.56 Å². The second kappa shape index (κ2) is 4.82. The average Bonchev–Trinajstić information content (AvgIpc) is 2.33. The molecule has 4 heteroatoms. The Hall–Kier alpha value is -2.20. The first-order chi connectivity index (χ1) is 8.86. The van der Waals surface area contributed by atoms with Crippen LogP contribution in [0, 0.1) is 0 Å². The van der Waals surface area contributed by atoms with E-state index in [1.807, 2.05) is 0 Å². The van der Waals surface area contributed by atoms with Crippen molar-refractivity contribution in [3.05, 3.63) is 48.0 Å². The van der Waals surface area contributed by atoms with Crippen LogP contribution in [0.25, 0.3) is 0 Å². The molecule has 0 saturated heterocycles. The van der Waals surface area contributed by atoms with Crippen molar-refractivity contribution < 1.29 is 20.1 Å². The molecule has 0 bridgehead atoms. The molecule has 2 rings (SSSR count). The van der Waals surface area contributed by atoms with Crippen LogP contribution in [0.15, 0.2) is 42.5 Å². The monoisotopic (exact) mass is 260 g/mol. The summed E-state index contributed by atoms with van der Waals surface area (Å²) in [5.41, 5.74) is -0.762. The van der Waals surface area contributed by atoms with Gasteiger partial charge in [-0.05, 0) is 56.3 Å². The zero-order valence-electron chi connectivity index (χ0n) is 10.8. The number of hydrogen-bond acceptors (Lipinski definition) is 4. The quantitative estimate of drug-likeness (QED) is 0.793. The van der Waals surface area contributed by atoms with Crippen molar-refractivity contribution in [3.8, 4) is 23.0 Å². The third-order valence-corrected chi connectivity index (χ3v) is 2.70. The molecule has 0 aromatic heterocycles. The minimum Gasteiger partial charge on any atom is -0.508 e. The average molecular weight is 260 g/mol. The lowest BCUT2D eigenvalue weighted by atomic mass is 9.97. The lowest BCUT2D eigenvalue weighted by Gasteiger charge is -2.20. The smallest absolute Gasteiger partial charge is 0.128 e. The van der Waals surface area contributed by atoms with Crippen LogP contribution in [0.2, 0.25) is 0 Å². The van der Waals surface area contributed by atoms with E-state index in [1.165, 1.54) is 18.2 Å². The van der Waals surface area contributed by atoms with Crippen LogP contribution in [0.3, 0.4) is 0 Å². The first-order valence-electron chi connectivity index (χ1n) is 5.89. The predicted molar refractivity (Wildman–Crippen MR) is 71.5 cm³/mol. The van der Waals surface area contributed by atoms with Crippen molar-refractivity contribution in [3.63, 3.8) is 0 Å². The van der Waals surface area contributed by atoms with E-state index in [4.69, 9.17) is 4.74 Å². The van der Waals surface area contributed by atoms with E-state index in [2.05, 4.69) is 0 Å². The minimum atomic E-state index is -1.15. The van der Waals surface area contributed by atoms with Crippen molar-refractivity contribution in [2.24, 2.45) is 0 Å². The molecule has 0 amide bonds. The first kappa shape index (κ1) is 13.2. The fraction of sp³-hybridized carbons (Fsp3) is 0.200. The van der Waals surface area contributed by atoms with Gasteiger partial charge >= 0.3 is 0 Å². The lowest BCUT2D eigenvalue weighted by Crippen LogP contribution is -2.15. The van der Waals surface area contributed by atoms with E-state index in [1.54, 1.807) is 38.1 Å². The van der Waals surface area contributed by atoms with Crippen molar-refractivity contribution in [1.82, 2.24) is 0 Å². The van der Waals surface area contributed by atoms with Crippen LogP contribution in [0.1, 0.15) is 19.4 Å². The van der Waals surface area contributed by atoms with Gasteiger partial charge in [0.15, 0.2) is 0 Å². The van der Waals surface area contributed by atoms with E-state index < -0.39 is 5.60 Å². The molecule has 0 unspecified atom stereocenters. The number of rotatable bonds is 3. The molecule has 0 saturated carbocycles. The molecule has 0 fully saturated rings. The third kappa shape index (κ3) is 3.17. The van der Waals surface area contributed by atoms with Gasteiger partial charge in [-0.3, -0.25) is 0 Å². The van der Waals surface area contributed by atoms with Gasteiger partial charge in [-0.15, -0.1) is 0 Å². The Labute approximate surface area is 111 Å². The highest BCUT2D eigenvalue weighted by molar-refractivity contribution is 5.44. The predicted octanol–water partition coefficient (Wildman–Crippen LogP) is 3.12. The molecule has 0 spiro atoms.